The van der Waals surface area contributed by atoms with Crippen molar-refractivity contribution in [2.24, 2.45) is 0 Å². The summed E-state index contributed by atoms with van der Waals surface area (Å²) in [5.41, 5.74) is 4.00. The first kappa shape index (κ1) is 15.8. The Labute approximate surface area is 138 Å². The zero-order chi connectivity index (χ0) is 16.1. The number of anilines is 1. The number of benzene rings is 2. The van der Waals surface area contributed by atoms with Crippen molar-refractivity contribution < 1.29 is 4.79 Å². The standard InChI is InChI=1S/C20H24N2O/c1-16-5-9-18(10-6-16)20(23)21-19-11-7-17(8-12-19)15-22-13-3-2-4-14-22/h5-12H,2-4,13-15H2,1H3,(H,21,23). The van der Waals surface area contributed by atoms with Gasteiger partial charge in [-0.15, -0.1) is 0 Å². The van der Waals surface area contributed by atoms with Crippen LogP contribution in [0.5, 0.6) is 0 Å². The molecule has 0 bridgehead atoms. The van der Waals surface area contributed by atoms with Gasteiger partial charge in [-0.05, 0) is 62.7 Å². The van der Waals surface area contributed by atoms with Gasteiger partial charge in [-0.2, -0.15) is 0 Å². The Hall–Kier alpha value is -2.13. The minimum absolute atomic E-state index is 0.0613. The summed E-state index contributed by atoms with van der Waals surface area (Å²) in [5, 5.41) is 2.96. The number of carbonyl (C=O) groups excluding carboxylic acids is 1. The van der Waals surface area contributed by atoms with Crippen molar-refractivity contribution in [2.75, 3.05) is 18.4 Å². The molecule has 0 aromatic heterocycles. The summed E-state index contributed by atoms with van der Waals surface area (Å²) >= 11 is 0. The SMILES string of the molecule is Cc1ccc(C(=O)Nc2ccc(CN3CCCCC3)cc2)cc1. The molecule has 23 heavy (non-hydrogen) atoms. The molecule has 0 spiro atoms. The van der Waals surface area contributed by atoms with E-state index in [2.05, 4.69) is 22.3 Å². The fourth-order valence-electron chi connectivity index (χ4n) is 2.98. The molecule has 1 fully saturated rings. The summed E-state index contributed by atoms with van der Waals surface area (Å²) < 4.78 is 0. The Bertz CT molecular complexity index is 640. The second kappa shape index (κ2) is 7.42. The van der Waals surface area contributed by atoms with E-state index >= 15 is 0 Å². The number of likely N-dealkylation sites (tertiary alicyclic amines) is 1. The molecule has 1 N–H and O–H groups in total. The zero-order valence-corrected chi connectivity index (χ0v) is 13.7. The third-order valence-corrected chi connectivity index (χ3v) is 4.38. The number of carbonyl (C=O) groups is 1. The Kier molecular flexibility index (Phi) is 5.09. The summed E-state index contributed by atoms with van der Waals surface area (Å²) in [6.45, 7) is 5.42. The molecule has 2 aromatic carbocycles. The second-order valence-corrected chi connectivity index (χ2v) is 6.35. The number of nitrogens with one attached hydrogen (secondary N) is 1. The predicted molar refractivity (Wildman–Crippen MR) is 94.7 cm³/mol. The summed E-state index contributed by atoms with van der Waals surface area (Å²) in [4.78, 5) is 14.7. The first-order chi connectivity index (χ1) is 11.2. The molecule has 1 heterocycles. The lowest BCUT2D eigenvalue weighted by atomic mass is 10.1. The molecule has 1 aliphatic rings. The fraction of sp³-hybridized carbons (Fsp3) is 0.350. The number of aryl methyl sites for hydroxylation is 1. The van der Waals surface area contributed by atoms with Crippen LogP contribution < -0.4 is 5.32 Å². The van der Waals surface area contributed by atoms with E-state index in [0.29, 0.717) is 5.56 Å². The van der Waals surface area contributed by atoms with Crippen molar-refractivity contribution in [1.82, 2.24) is 4.90 Å². The molecule has 0 unspecified atom stereocenters. The van der Waals surface area contributed by atoms with Gasteiger partial charge in [-0.1, -0.05) is 36.2 Å². The van der Waals surface area contributed by atoms with E-state index in [0.717, 1.165) is 17.8 Å². The molecule has 3 nitrogen and oxygen atoms in total. The zero-order valence-electron chi connectivity index (χ0n) is 13.7. The van der Waals surface area contributed by atoms with Gasteiger partial charge in [0.05, 0.1) is 0 Å². The first-order valence-corrected chi connectivity index (χ1v) is 8.40. The van der Waals surface area contributed by atoms with E-state index in [1.54, 1.807) is 0 Å². The number of hydrogen-bond acceptors (Lipinski definition) is 2. The Morgan fingerprint density at radius 3 is 2.26 bits per heavy atom. The molecule has 120 valence electrons. The molecule has 0 aliphatic carbocycles. The van der Waals surface area contributed by atoms with Crippen LogP contribution in [0.2, 0.25) is 0 Å². The molecular formula is C20H24N2O. The number of rotatable bonds is 4. The van der Waals surface area contributed by atoms with Crippen LogP contribution >= 0.6 is 0 Å². The smallest absolute Gasteiger partial charge is 0.255 e. The van der Waals surface area contributed by atoms with Crippen molar-refractivity contribution in [3.8, 4) is 0 Å². The summed E-state index contributed by atoms with van der Waals surface area (Å²) in [5.74, 6) is -0.0613. The maximum absolute atomic E-state index is 12.2. The van der Waals surface area contributed by atoms with Gasteiger partial charge in [-0.25, -0.2) is 0 Å². The Morgan fingerprint density at radius 2 is 1.61 bits per heavy atom. The lowest BCUT2D eigenvalue weighted by Crippen LogP contribution is -2.29. The minimum atomic E-state index is -0.0613. The van der Waals surface area contributed by atoms with Crippen molar-refractivity contribution in [3.05, 3.63) is 65.2 Å². The number of nitrogens with zero attached hydrogens (tertiary/aromatic N) is 1. The van der Waals surface area contributed by atoms with E-state index in [9.17, 15) is 4.79 Å². The van der Waals surface area contributed by atoms with Gasteiger partial charge in [0.15, 0.2) is 0 Å². The van der Waals surface area contributed by atoms with E-state index in [4.69, 9.17) is 0 Å². The lowest BCUT2D eigenvalue weighted by Gasteiger charge is -2.26. The van der Waals surface area contributed by atoms with Crippen LogP contribution in [0.25, 0.3) is 0 Å². The van der Waals surface area contributed by atoms with E-state index in [1.807, 2.05) is 43.3 Å². The molecule has 1 saturated heterocycles. The highest BCUT2D eigenvalue weighted by molar-refractivity contribution is 6.04. The van der Waals surface area contributed by atoms with Crippen molar-refractivity contribution >= 4 is 11.6 Å². The van der Waals surface area contributed by atoms with E-state index < -0.39 is 0 Å². The largest absolute Gasteiger partial charge is 0.322 e. The molecular weight excluding hydrogens is 284 g/mol. The normalized spacial score (nSPS) is 15.3. The lowest BCUT2D eigenvalue weighted by molar-refractivity contribution is 0.102. The number of amides is 1. The van der Waals surface area contributed by atoms with Crippen LogP contribution in [-0.4, -0.2) is 23.9 Å². The van der Waals surface area contributed by atoms with Crippen LogP contribution in [0.3, 0.4) is 0 Å². The first-order valence-electron chi connectivity index (χ1n) is 8.40. The number of piperidine rings is 1. The highest BCUT2D eigenvalue weighted by Crippen LogP contribution is 2.16. The molecule has 2 aromatic rings. The monoisotopic (exact) mass is 308 g/mol. The van der Waals surface area contributed by atoms with Gasteiger partial charge < -0.3 is 5.32 Å². The van der Waals surface area contributed by atoms with Crippen LogP contribution in [0.4, 0.5) is 5.69 Å². The molecule has 0 saturated carbocycles. The van der Waals surface area contributed by atoms with Gasteiger partial charge in [0, 0.05) is 17.8 Å². The predicted octanol–water partition coefficient (Wildman–Crippen LogP) is 4.23. The van der Waals surface area contributed by atoms with Crippen LogP contribution in [0.15, 0.2) is 48.5 Å². The molecule has 0 atom stereocenters. The van der Waals surface area contributed by atoms with E-state index in [-0.39, 0.29) is 5.91 Å². The highest BCUT2D eigenvalue weighted by atomic mass is 16.1. The maximum Gasteiger partial charge on any atom is 0.255 e. The molecule has 1 aliphatic heterocycles. The second-order valence-electron chi connectivity index (χ2n) is 6.35. The Morgan fingerprint density at radius 1 is 0.957 bits per heavy atom. The van der Waals surface area contributed by atoms with Gasteiger partial charge in [0.2, 0.25) is 0 Å². The fourth-order valence-corrected chi connectivity index (χ4v) is 2.98. The molecule has 3 rings (SSSR count). The molecule has 0 radical (unpaired) electrons. The average Bonchev–Trinajstić information content (AvgIpc) is 2.58. The van der Waals surface area contributed by atoms with Crippen LogP contribution in [0, 0.1) is 6.92 Å². The van der Waals surface area contributed by atoms with Gasteiger partial charge in [-0.3, -0.25) is 9.69 Å². The molecule has 3 heteroatoms. The molecule has 1 amide bonds. The third-order valence-electron chi connectivity index (χ3n) is 4.38. The minimum Gasteiger partial charge on any atom is -0.322 e. The highest BCUT2D eigenvalue weighted by Gasteiger charge is 2.10. The Balaban J connectivity index is 1.58. The summed E-state index contributed by atoms with van der Waals surface area (Å²) in [6.07, 6.45) is 3.98. The summed E-state index contributed by atoms with van der Waals surface area (Å²) in [7, 11) is 0. The van der Waals surface area contributed by atoms with Crippen LogP contribution in [-0.2, 0) is 6.54 Å². The quantitative estimate of drug-likeness (QED) is 0.916. The topological polar surface area (TPSA) is 32.3 Å². The van der Waals surface area contributed by atoms with Gasteiger partial charge in [0.1, 0.15) is 0 Å². The van der Waals surface area contributed by atoms with Crippen molar-refractivity contribution in [1.29, 1.82) is 0 Å². The van der Waals surface area contributed by atoms with Crippen LogP contribution in [0.1, 0.15) is 40.7 Å². The van der Waals surface area contributed by atoms with Gasteiger partial charge in [0.25, 0.3) is 5.91 Å². The van der Waals surface area contributed by atoms with E-state index in [1.165, 1.54) is 37.9 Å². The van der Waals surface area contributed by atoms with Crippen molar-refractivity contribution in [2.45, 2.75) is 32.7 Å². The maximum atomic E-state index is 12.2. The average molecular weight is 308 g/mol. The summed E-state index contributed by atoms with van der Waals surface area (Å²) in [6, 6.07) is 15.8. The van der Waals surface area contributed by atoms with Crippen molar-refractivity contribution in [3.63, 3.8) is 0 Å². The van der Waals surface area contributed by atoms with Gasteiger partial charge >= 0.3 is 0 Å². The third kappa shape index (κ3) is 4.42. The number of hydrogen-bond donors (Lipinski definition) is 1.